The van der Waals surface area contributed by atoms with E-state index in [2.05, 4.69) is 0 Å². The van der Waals surface area contributed by atoms with Crippen molar-refractivity contribution >= 4 is 17.9 Å². The lowest BCUT2D eigenvalue weighted by molar-refractivity contribution is -0.174. The standard InChI is InChI=1S/C27H28N2O7/c30-24-5-6-25(31)29(24)36-26(32)28-9-7-21(8-10-28)27(33,22-3-1-17-13-34-15-19(17)11-22)23-4-2-18-14-35-16-20(18)12-23/h1-4,11-12,21,33H,5-10,13-16H2. The van der Waals surface area contributed by atoms with E-state index in [0.29, 0.717) is 57.4 Å². The third-order valence-corrected chi connectivity index (χ3v) is 7.84. The van der Waals surface area contributed by atoms with Crippen LogP contribution in [0.3, 0.4) is 0 Å². The van der Waals surface area contributed by atoms with Crippen LogP contribution in [0.2, 0.25) is 0 Å². The molecular formula is C27H28N2O7. The zero-order chi connectivity index (χ0) is 24.9. The number of imide groups is 1. The summed E-state index contributed by atoms with van der Waals surface area (Å²) in [7, 11) is 0. The van der Waals surface area contributed by atoms with Crippen molar-refractivity contribution in [3.8, 4) is 0 Å². The van der Waals surface area contributed by atoms with Crippen LogP contribution in [0, 0.1) is 5.92 Å². The minimum absolute atomic E-state index is 0.0544. The van der Waals surface area contributed by atoms with Crippen LogP contribution in [0.15, 0.2) is 36.4 Å². The average molecular weight is 493 g/mol. The maximum atomic E-state index is 12.7. The summed E-state index contributed by atoms with van der Waals surface area (Å²) in [5, 5.41) is 13.0. The molecule has 4 heterocycles. The van der Waals surface area contributed by atoms with Gasteiger partial charge in [-0.2, -0.15) is 0 Å². The monoisotopic (exact) mass is 492 g/mol. The van der Waals surface area contributed by atoms with Crippen molar-refractivity contribution in [1.82, 2.24) is 9.96 Å². The lowest BCUT2D eigenvalue weighted by atomic mass is 9.71. The van der Waals surface area contributed by atoms with Gasteiger partial charge in [0.05, 0.1) is 26.4 Å². The first kappa shape index (κ1) is 23.1. The Morgan fingerprint density at radius 2 is 1.33 bits per heavy atom. The Kier molecular flexibility index (Phi) is 5.78. The Hall–Kier alpha value is -3.27. The molecule has 1 N–H and O–H groups in total. The van der Waals surface area contributed by atoms with Crippen molar-refractivity contribution in [3.05, 3.63) is 69.8 Å². The summed E-state index contributed by atoms with van der Waals surface area (Å²) in [5.74, 6) is -1.17. The highest BCUT2D eigenvalue weighted by Crippen LogP contribution is 2.44. The molecule has 0 saturated carbocycles. The van der Waals surface area contributed by atoms with Gasteiger partial charge in [-0.3, -0.25) is 9.59 Å². The number of ether oxygens (including phenoxy) is 2. The summed E-state index contributed by atoms with van der Waals surface area (Å²) in [5.41, 5.74) is 4.76. The zero-order valence-corrected chi connectivity index (χ0v) is 19.9. The van der Waals surface area contributed by atoms with Gasteiger partial charge in [-0.05, 0) is 64.3 Å². The third-order valence-electron chi connectivity index (χ3n) is 7.84. The zero-order valence-electron chi connectivity index (χ0n) is 19.9. The molecule has 2 aromatic carbocycles. The summed E-state index contributed by atoms with van der Waals surface area (Å²) in [4.78, 5) is 42.9. The van der Waals surface area contributed by atoms with Gasteiger partial charge in [0.25, 0.3) is 11.8 Å². The van der Waals surface area contributed by atoms with Crippen LogP contribution in [-0.2, 0) is 55.9 Å². The van der Waals surface area contributed by atoms with E-state index in [-0.39, 0.29) is 18.8 Å². The number of aliphatic hydroxyl groups is 1. The Bertz CT molecular complexity index is 1160. The fourth-order valence-corrected chi connectivity index (χ4v) is 5.73. The first-order valence-corrected chi connectivity index (χ1v) is 12.4. The highest BCUT2D eigenvalue weighted by atomic mass is 16.7. The number of hydrogen-bond donors (Lipinski definition) is 1. The Labute approximate surface area is 208 Å². The Morgan fingerprint density at radius 1 is 0.833 bits per heavy atom. The van der Waals surface area contributed by atoms with Gasteiger partial charge in [0.2, 0.25) is 0 Å². The van der Waals surface area contributed by atoms with Crippen LogP contribution < -0.4 is 0 Å². The summed E-state index contributed by atoms with van der Waals surface area (Å²) in [6.45, 7) is 2.87. The van der Waals surface area contributed by atoms with E-state index in [1.165, 1.54) is 4.90 Å². The molecule has 9 heteroatoms. The summed E-state index contributed by atoms with van der Waals surface area (Å²) >= 11 is 0. The molecule has 36 heavy (non-hydrogen) atoms. The molecule has 6 rings (SSSR count). The van der Waals surface area contributed by atoms with E-state index < -0.39 is 23.5 Å². The number of fused-ring (bicyclic) bond motifs is 2. The van der Waals surface area contributed by atoms with Crippen LogP contribution in [-0.4, -0.2) is 46.1 Å². The molecule has 4 aliphatic heterocycles. The molecule has 0 aliphatic carbocycles. The molecule has 0 atom stereocenters. The molecule has 2 aromatic rings. The summed E-state index contributed by atoms with van der Waals surface area (Å²) in [6.07, 6.45) is 0.436. The minimum atomic E-state index is -1.27. The molecule has 2 saturated heterocycles. The fraction of sp³-hybridized carbons (Fsp3) is 0.444. The minimum Gasteiger partial charge on any atom is -0.380 e. The van der Waals surface area contributed by atoms with Gasteiger partial charge < -0.3 is 24.3 Å². The quantitative estimate of drug-likeness (QED) is 0.655. The van der Waals surface area contributed by atoms with Crippen LogP contribution in [0.25, 0.3) is 0 Å². The van der Waals surface area contributed by atoms with Crippen molar-refractivity contribution in [1.29, 1.82) is 0 Å². The van der Waals surface area contributed by atoms with E-state index in [0.717, 1.165) is 33.4 Å². The highest BCUT2D eigenvalue weighted by molar-refractivity contribution is 6.01. The normalized spacial score (nSPS) is 20.1. The maximum Gasteiger partial charge on any atom is 0.434 e. The number of benzene rings is 2. The van der Waals surface area contributed by atoms with Gasteiger partial charge in [-0.15, -0.1) is 5.06 Å². The Balaban J connectivity index is 1.26. The van der Waals surface area contributed by atoms with Crippen LogP contribution in [0.5, 0.6) is 0 Å². The van der Waals surface area contributed by atoms with E-state index >= 15 is 0 Å². The van der Waals surface area contributed by atoms with Crippen molar-refractivity contribution in [2.45, 2.75) is 57.7 Å². The molecule has 3 amide bonds. The van der Waals surface area contributed by atoms with Crippen molar-refractivity contribution in [2.24, 2.45) is 5.92 Å². The number of nitrogens with zero attached hydrogens (tertiary/aromatic N) is 2. The smallest absolute Gasteiger partial charge is 0.380 e. The second-order valence-corrected chi connectivity index (χ2v) is 9.92. The topological polar surface area (TPSA) is 106 Å². The molecule has 0 spiro atoms. The Morgan fingerprint density at radius 3 is 1.86 bits per heavy atom. The van der Waals surface area contributed by atoms with Gasteiger partial charge in [0.1, 0.15) is 5.60 Å². The van der Waals surface area contributed by atoms with Gasteiger partial charge in [0.15, 0.2) is 0 Å². The van der Waals surface area contributed by atoms with Gasteiger partial charge >= 0.3 is 6.09 Å². The van der Waals surface area contributed by atoms with Crippen LogP contribution in [0.4, 0.5) is 4.79 Å². The van der Waals surface area contributed by atoms with Gasteiger partial charge in [-0.1, -0.05) is 24.3 Å². The van der Waals surface area contributed by atoms with Crippen LogP contribution in [0.1, 0.15) is 59.1 Å². The van der Waals surface area contributed by atoms with E-state index in [9.17, 15) is 19.5 Å². The fourth-order valence-electron chi connectivity index (χ4n) is 5.73. The van der Waals surface area contributed by atoms with Crippen molar-refractivity contribution in [2.75, 3.05) is 13.1 Å². The molecule has 4 aliphatic rings. The lowest BCUT2D eigenvalue weighted by Gasteiger charge is -2.42. The number of carbonyl (C=O) groups excluding carboxylic acids is 3. The van der Waals surface area contributed by atoms with E-state index in [4.69, 9.17) is 14.3 Å². The molecule has 0 bridgehead atoms. The lowest BCUT2D eigenvalue weighted by Crippen LogP contribution is -2.47. The molecule has 2 fully saturated rings. The predicted octanol–water partition coefficient (Wildman–Crippen LogP) is 2.90. The SMILES string of the molecule is O=C(ON1C(=O)CCC1=O)N1CCC(C(O)(c2ccc3c(c2)COC3)c2ccc3c(c2)COC3)CC1. The first-order chi connectivity index (χ1) is 17.4. The molecule has 0 aromatic heterocycles. The number of likely N-dealkylation sites (tertiary alicyclic amines) is 1. The average Bonchev–Trinajstić information content (AvgIpc) is 3.64. The summed E-state index contributed by atoms with van der Waals surface area (Å²) in [6, 6.07) is 12.1. The molecular weight excluding hydrogens is 464 g/mol. The summed E-state index contributed by atoms with van der Waals surface area (Å²) < 4.78 is 11.2. The van der Waals surface area contributed by atoms with Crippen LogP contribution >= 0.6 is 0 Å². The van der Waals surface area contributed by atoms with Gasteiger partial charge in [-0.25, -0.2) is 4.79 Å². The van der Waals surface area contributed by atoms with Crippen molar-refractivity contribution in [3.63, 3.8) is 0 Å². The molecule has 0 unspecified atom stereocenters. The molecule has 188 valence electrons. The highest BCUT2D eigenvalue weighted by Gasteiger charge is 2.44. The number of rotatable bonds is 4. The molecule has 0 radical (unpaired) electrons. The first-order valence-electron chi connectivity index (χ1n) is 12.4. The van der Waals surface area contributed by atoms with Crippen molar-refractivity contribution < 1.29 is 33.8 Å². The number of hydroxylamine groups is 2. The second kappa shape index (κ2) is 8.99. The van der Waals surface area contributed by atoms with E-state index in [1.807, 2.05) is 36.4 Å². The number of amides is 3. The second-order valence-electron chi connectivity index (χ2n) is 9.92. The maximum absolute atomic E-state index is 12.7. The van der Waals surface area contributed by atoms with Gasteiger partial charge in [0, 0.05) is 25.9 Å². The predicted molar refractivity (Wildman–Crippen MR) is 125 cm³/mol. The third kappa shape index (κ3) is 3.87. The number of piperidine rings is 1. The van der Waals surface area contributed by atoms with E-state index in [1.54, 1.807) is 0 Å². The number of hydrogen-bond acceptors (Lipinski definition) is 7. The molecule has 9 nitrogen and oxygen atoms in total. The largest absolute Gasteiger partial charge is 0.434 e. The number of carbonyl (C=O) groups is 3.